The Hall–Kier alpha value is -2.55. The predicted octanol–water partition coefficient (Wildman–Crippen LogP) is 5.78. The fourth-order valence-electron chi connectivity index (χ4n) is 3.11. The molecule has 3 heteroatoms. The van der Waals surface area contributed by atoms with Crippen LogP contribution in [-0.4, -0.2) is 15.0 Å². The van der Waals surface area contributed by atoms with E-state index in [2.05, 4.69) is 57.4 Å². The van der Waals surface area contributed by atoms with Gasteiger partial charge in [0, 0.05) is 5.56 Å². The third-order valence-electron chi connectivity index (χ3n) is 3.92. The van der Waals surface area contributed by atoms with E-state index in [-0.39, 0.29) is 0 Å². The van der Waals surface area contributed by atoms with Crippen molar-refractivity contribution in [3.05, 3.63) is 65.2 Å². The van der Waals surface area contributed by atoms with E-state index in [9.17, 15) is 0 Å². The van der Waals surface area contributed by atoms with Gasteiger partial charge < -0.3 is 0 Å². The molecule has 0 N–H and O–H groups in total. The van der Waals surface area contributed by atoms with Crippen molar-refractivity contribution in [1.82, 2.24) is 15.0 Å². The van der Waals surface area contributed by atoms with E-state index in [1.54, 1.807) is 0 Å². The van der Waals surface area contributed by atoms with Crippen LogP contribution >= 0.6 is 0 Å². The SMILES string of the molecule is CC.CC.Cc1nc(C)nc(-c2cccc3c2-c2ccccc2C3)n1. The fraction of sp³-hybridized carbons (Fsp3) is 0.318. The third kappa shape index (κ3) is 3.76. The second-order valence-electron chi connectivity index (χ2n) is 5.43. The normalized spacial score (nSPS) is 10.6. The molecule has 1 aromatic heterocycles. The minimum atomic E-state index is 0.765. The molecule has 3 nitrogen and oxygen atoms in total. The fourth-order valence-corrected chi connectivity index (χ4v) is 3.11. The van der Waals surface area contributed by atoms with Crippen molar-refractivity contribution >= 4 is 0 Å². The lowest BCUT2D eigenvalue weighted by molar-refractivity contribution is 0.929. The molecule has 1 aliphatic carbocycles. The first-order valence-corrected chi connectivity index (χ1v) is 9.12. The number of benzene rings is 2. The molecular weight excluding hydrogens is 306 g/mol. The number of aromatic nitrogens is 3. The van der Waals surface area contributed by atoms with Crippen LogP contribution in [0.25, 0.3) is 22.5 Å². The number of rotatable bonds is 1. The number of fused-ring (bicyclic) bond motifs is 3. The monoisotopic (exact) mass is 333 g/mol. The highest BCUT2D eigenvalue weighted by Crippen LogP contribution is 2.41. The van der Waals surface area contributed by atoms with Crippen LogP contribution in [0.3, 0.4) is 0 Å². The van der Waals surface area contributed by atoms with E-state index < -0.39 is 0 Å². The summed E-state index contributed by atoms with van der Waals surface area (Å²) in [5, 5.41) is 0. The highest BCUT2D eigenvalue weighted by Gasteiger charge is 2.22. The molecule has 0 fully saturated rings. The van der Waals surface area contributed by atoms with Gasteiger partial charge in [-0.3, -0.25) is 0 Å². The quantitative estimate of drug-likeness (QED) is 0.443. The Labute approximate surface area is 151 Å². The summed E-state index contributed by atoms with van der Waals surface area (Å²) in [6.45, 7) is 11.8. The molecule has 4 rings (SSSR count). The first-order valence-electron chi connectivity index (χ1n) is 9.12. The Bertz CT molecular complexity index is 833. The molecule has 0 radical (unpaired) electrons. The van der Waals surface area contributed by atoms with Gasteiger partial charge in [-0.05, 0) is 42.5 Å². The molecule has 2 aromatic carbocycles. The minimum Gasteiger partial charge on any atom is -0.219 e. The first-order chi connectivity index (χ1) is 12.2. The molecule has 0 aliphatic heterocycles. The lowest BCUT2D eigenvalue weighted by Gasteiger charge is -2.09. The number of hydrogen-bond acceptors (Lipinski definition) is 3. The average molecular weight is 333 g/mol. The summed E-state index contributed by atoms with van der Waals surface area (Å²) in [5.41, 5.74) is 6.41. The van der Waals surface area contributed by atoms with E-state index in [0.29, 0.717) is 0 Å². The van der Waals surface area contributed by atoms with E-state index in [4.69, 9.17) is 0 Å². The predicted molar refractivity (Wildman–Crippen MR) is 106 cm³/mol. The van der Waals surface area contributed by atoms with E-state index in [0.717, 1.165) is 29.5 Å². The zero-order valence-electron chi connectivity index (χ0n) is 16.1. The van der Waals surface area contributed by atoms with E-state index in [1.807, 2.05) is 41.5 Å². The Morgan fingerprint density at radius 1 is 0.640 bits per heavy atom. The lowest BCUT2D eigenvalue weighted by Crippen LogP contribution is -2.00. The van der Waals surface area contributed by atoms with E-state index in [1.165, 1.54) is 22.3 Å². The maximum Gasteiger partial charge on any atom is 0.163 e. The Balaban J connectivity index is 0.000000528. The van der Waals surface area contributed by atoms with Gasteiger partial charge in [-0.2, -0.15) is 0 Å². The molecule has 0 unspecified atom stereocenters. The first kappa shape index (κ1) is 18.8. The van der Waals surface area contributed by atoms with Gasteiger partial charge in [0.05, 0.1) is 0 Å². The number of nitrogens with zero attached hydrogens (tertiary/aromatic N) is 3. The summed E-state index contributed by atoms with van der Waals surface area (Å²) in [4.78, 5) is 13.3. The van der Waals surface area contributed by atoms with Gasteiger partial charge in [-0.1, -0.05) is 70.2 Å². The molecule has 0 saturated carbocycles. The van der Waals surface area contributed by atoms with Crippen molar-refractivity contribution in [3.8, 4) is 22.5 Å². The van der Waals surface area contributed by atoms with Gasteiger partial charge in [0.15, 0.2) is 5.82 Å². The number of aryl methyl sites for hydroxylation is 2. The highest BCUT2D eigenvalue weighted by molar-refractivity contribution is 5.88. The lowest BCUT2D eigenvalue weighted by atomic mass is 9.99. The van der Waals surface area contributed by atoms with Crippen molar-refractivity contribution in [3.63, 3.8) is 0 Å². The second-order valence-corrected chi connectivity index (χ2v) is 5.43. The molecule has 0 bridgehead atoms. The third-order valence-corrected chi connectivity index (χ3v) is 3.92. The second kappa shape index (κ2) is 8.52. The van der Waals surface area contributed by atoms with Crippen molar-refractivity contribution in [2.45, 2.75) is 48.0 Å². The smallest absolute Gasteiger partial charge is 0.163 e. The van der Waals surface area contributed by atoms with Crippen LogP contribution in [0, 0.1) is 13.8 Å². The van der Waals surface area contributed by atoms with Gasteiger partial charge in [0.25, 0.3) is 0 Å². The van der Waals surface area contributed by atoms with Gasteiger partial charge in [-0.15, -0.1) is 0 Å². The summed E-state index contributed by atoms with van der Waals surface area (Å²) in [5.74, 6) is 2.30. The highest BCUT2D eigenvalue weighted by atomic mass is 15.0. The summed E-state index contributed by atoms with van der Waals surface area (Å²) in [6, 6.07) is 15.0. The molecule has 1 aliphatic rings. The van der Waals surface area contributed by atoms with Gasteiger partial charge >= 0.3 is 0 Å². The van der Waals surface area contributed by atoms with Crippen LogP contribution in [0.15, 0.2) is 42.5 Å². The molecule has 0 atom stereocenters. The van der Waals surface area contributed by atoms with Crippen LogP contribution in [0.4, 0.5) is 0 Å². The van der Waals surface area contributed by atoms with Crippen LogP contribution in [-0.2, 0) is 6.42 Å². The Kier molecular flexibility index (Phi) is 6.40. The largest absolute Gasteiger partial charge is 0.219 e. The summed E-state index contributed by atoms with van der Waals surface area (Å²) >= 11 is 0. The molecule has 130 valence electrons. The maximum atomic E-state index is 4.53. The average Bonchev–Trinajstić information content (AvgIpc) is 3.03. The molecule has 0 saturated heterocycles. The molecule has 3 aromatic rings. The van der Waals surface area contributed by atoms with Gasteiger partial charge in [-0.25, -0.2) is 15.0 Å². The summed E-state index contributed by atoms with van der Waals surface area (Å²) < 4.78 is 0. The minimum absolute atomic E-state index is 0.765. The van der Waals surface area contributed by atoms with Crippen molar-refractivity contribution in [1.29, 1.82) is 0 Å². The molecular formula is C22H27N3. The number of hydrogen-bond donors (Lipinski definition) is 0. The van der Waals surface area contributed by atoms with Gasteiger partial charge in [0.1, 0.15) is 11.6 Å². The zero-order valence-corrected chi connectivity index (χ0v) is 16.1. The van der Waals surface area contributed by atoms with Crippen molar-refractivity contribution < 1.29 is 0 Å². The molecule has 1 heterocycles. The summed E-state index contributed by atoms with van der Waals surface area (Å²) in [6.07, 6.45) is 0.988. The molecule has 25 heavy (non-hydrogen) atoms. The van der Waals surface area contributed by atoms with Gasteiger partial charge in [0.2, 0.25) is 0 Å². The zero-order chi connectivity index (χ0) is 18.4. The molecule has 0 amide bonds. The Morgan fingerprint density at radius 2 is 1.20 bits per heavy atom. The maximum absolute atomic E-state index is 4.53. The van der Waals surface area contributed by atoms with Crippen LogP contribution in [0.1, 0.15) is 50.5 Å². The van der Waals surface area contributed by atoms with E-state index >= 15 is 0 Å². The molecule has 0 spiro atoms. The van der Waals surface area contributed by atoms with Crippen LogP contribution in [0.2, 0.25) is 0 Å². The van der Waals surface area contributed by atoms with Crippen molar-refractivity contribution in [2.24, 2.45) is 0 Å². The topological polar surface area (TPSA) is 38.7 Å². The van der Waals surface area contributed by atoms with Crippen molar-refractivity contribution in [2.75, 3.05) is 0 Å². The van der Waals surface area contributed by atoms with Crippen LogP contribution < -0.4 is 0 Å². The Morgan fingerprint density at radius 3 is 1.88 bits per heavy atom. The standard InChI is InChI=1S/C18H15N3.2C2H6/c1-11-19-12(2)21-18(20-11)16-9-5-7-14-10-13-6-3-4-8-15(13)17(14)16;2*1-2/h3-9H,10H2,1-2H3;2*1-2H3. The van der Waals surface area contributed by atoms with Crippen LogP contribution in [0.5, 0.6) is 0 Å². The summed E-state index contributed by atoms with van der Waals surface area (Å²) in [7, 11) is 0.